The summed E-state index contributed by atoms with van der Waals surface area (Å²) >= 11 is 0. The first-order valence-electron chi connectivity index (χ1n) is 15.2. The Kier molecular flexibility index (Phi) is 10.3. The highest BCUT2D eigenvalue weighted by Gasteiger charge is 2.43. The Labute approximate surface area is 263 Å². The lowest BCUT2D eigenvalue weighted by Crippen LogP contribution is -2.50. The molecule has 6 heteroatoms. The number of hydrogen-bond acceptors (Lipinski definition) is 6. The van der Waals surface area contributed by atoms with Gasteiger partial charge in [0.1, 0.15) is 0 Å². The predicted molar refractivity (Wildman–Crippen MR) is 177 cm³/mol. The average molecular weight is 595 g/mol. The molecule has 0 aromatic heterocycles. The maximum absolute atomic E-state index is 13.2. The van der Waals surface area contributed by atoms with Crippen molar-refractivity contribution in [2.75, 3.05) is 28.2 Å². The minimum Gasteiger partial charge on any atom is -0.441 e. The van der Waals surface area contributed by atoms with Crippen molar-refractivity contribution in [3.63, 3.8) is 0 Å². The molecule has 2 aliphatic carbocycles. The number of allylic oxidation sites excluding steroid dienone is 8. The number of carbonyl (C=O) groups is 2. The highest BCUT2D eigenvalue weighted by atomic mass is 16.6. The molecule has 0 unspecified atom stereocenters. The molecular formula is C38H46N2O4. The zero-order chi connectivity index (χ0) is 31.8. The molecule has 0 N–H and O–H groups in total. The summed E-state index contributed by atoms with van der Waals surface area (Å²) in [6.07, 6.45) is 22.4. The lowest BCUT2D eigenvalue weighted by molar-refractivity contribution is -0.175. The van der Waals surface area contributed by atoms with Crippen molar-refractivity contribution in [2.24, 2.45) is 0 Å². The molecule has 2 aliphatic rings. The molecule has 6 nitrogen and oxygen atoms in total. The van der Waals surface area contributed by atoms with Gasteiger partial charge in [-0.15, -0.1) is 0 Å². The quantitative estimate of drug-likeness (QED) is 0.116. The molecule has 2 aromatic rings. The molecule has 0 radical (unpaired) electrons. The van der Waals surface area contributed by atoms with E-state index < -0.39 is 34.2 Å². The minimum absolute atomic E-state index is 0.439. The Morgan fingerprint density at radius 1 is 0.636 bits per heavy atom. The fraction of sp³-hybridized carbons (Fsp3) is 0.368. The first-order chi connectivity index (χ1) is 20.9. The Hall–Kier alpha value is -4.00. The summed E-state index contributed by atoms with van der Waals surface area (Å²) in [6.45, 7) is 3.80. The van der Waals surface area contributed by atoms with Crippen LogP contribution in [0.15, 0.2) is 121 Å². The van der Waals surface area contributed by atoms with Crippen LogP contribution in [0, 0.1) is 0 Å². The molecular weight excluding hydrogens is 548 g/mol. The van der Waals surface area contributed by atoms with Crippen molar-refractivity contribution in [1.29, 1.82) is 0 Å². The van der Waals surface area contributed by atoms with Gasteiger partial charge in [-0.3, -0.25) is 9.80 Å². The molecule has 0 saturated carbocycles. The zero-order valence-corrected chi connectivity index (χ0v) is 26.9. The van der Waals surface area contributed by atoms with E-state index in [0.717, 1.165) is 36.1 Å². The second-order valence-corrected chi connectivity index (χ2v) is 12.6. The summed E-state index contributed by atoms with van der Waals surface area (Å²) in [5.41, 5.74) is -0.568. The number of rotatable bonds is 12. The van der Waals surface area contributed by atoms with Crippen LogP contribution in [0.3, 0.4) is 0 Å². The number of ether oxygens (including phenoxy) is 2. The minimum atomic E-state index is -0.965. The van der Waals surface area contributed by atoms with Crippen LogP contribution in [0.1, 0.15) is 50.7 Å². The van der Waals surface area contributed by atoms with E-state index in [-0.39, 0.29) is 0 Å². The van der Waals surface area contributed by atoms with Crippen molar-refractivity contribution in [2.45, 2.75) is 61.8 Å². The Morgan fingerprint density at radius 3 is 1.25 bits per heavy atom. The average Bonchev–Trinajstić information content (AvgIpc) is 3.01. The third-order valence-electron chi connectivity index (χ3n) is 8.96. The number of nitrogens with zero attached hydrogens (tertiary/aromatic N) is 2. The third-order valence-corrected chi connectivity index (χ3v) is 8.96. The first kappa shape index (κ1) is 32.9. The second-order valence-electron chi connectivity index (χ2n) is 12.6. The zero-order valence-electron chi connectivity index (χ0n) is 26.9. The van der Waals surface area contributed by atoms with Crippen LogP contribution in [0.2, 0.25) is 0 Å². The number of hydrogen-bond donors (Lipinski definition) is 0. The topological polar surface area (TPSA) is 59.1 Å². The van der Waals surface area contributed by atoms with Crippen molar-refractivity contribution >= 4 is 11.9 Å². The molecule has 2 aromatic carbocycles. The molecule has 0 amide bonds. The molecule has 0 saturated heterocycles. The monoisotopic (exact) mass is 594 g/mol. The van der Waals surface area contributed by atoms with Gasteiger partial charge in [-0.2, -0.15) is 0 Å². The summed E-state index contributed by atoms with van der Waals surface area (Å²) in [4.78, 5) is 30.2. The fourth-order valence-corrected chi connectivity index (χ4v) is 6.00. The summed E-state index contributed by atoms with van der Waals surface area (Å²) in [5, 5.41) is 0. The van der Waals surface area contributed by atoms with Crippen LogP contribution in [0.4, 0.5) is 0 Å². The molecule has 0 bridgehead atoms. The van der Waals surface area contributed by atoms with E-state index in [2.05, 4.69) is 72.9 Å². The predicted octanol–water partition coefficient (Wildman–Crippen LogP) is 6.87. The van der Waals surface area contributed by atoms with E-state index in [1.54, 1.807) is 0 Å². The highest BCUT2D eigenvalue weighted by Crippen LogP contribution is 2.41. The van der Waals surface area contributed by atoms with E-state index >= 15 is 0 Å². The van der Waals surface area contributed by atoms with E-state index in [1.165, 1.54) is 0 Å². The van der Waals surface area contributed by atoms with Gasteiger partial charge in [0, 0.05) is 35.8 Å². The normalized spacial score (nSPS) is 19.5. The van der Waals surface area contributed by atoms with Crippen molar-refractivity contribution in [3.05, 3.63) is 133 Å². The number of esters is 2. The van der Waals surface area contributed by atoms with Gasteiger partial charge in [-0.1, -0.05) is 109 Å². The van der Waals surface area contributed by atoms with Gasteiger partial charge in [0.05, 0.1) is 0 Å². The summed E-state index contributed by atoms with van der Waals surface area (Å²) in [5.74, 6) is -1.23. The van der Waals surface area contributed by atoms with Gasteiger partial charge in [0.25, 0.3) is 0 Å². The fourth-order valence-electron chi connectivity index (χ4n) is 6.00. The maximum Gasteiger partial charge on any atom is 0.332 e. The van der Waals surface area contributed by atoms with E-state index in [4.69, 9.17) is 9.47 Å². The van der Waals surface area contributed by atoms with Crippen molar-refractivity contribution in [1.82, 2.24) is 9.80 Å². The first-order valence-corrected chi connectivity index (χ1v) is 15.2. The standard InChI is InChI=1S/C38H46N2O4/c1-35(39(3)4,29-37(25-15-9-16-26-37)31-19-11-7-12-20-31)43-33(41)23-24-34(42)44-36(2,40(5)6)30-38(27-17-10-18-28-38)32-21-13-8-14-22-32/h7-8,11-28H,9-10,29-30H2,1-6H3/b24-23-/t35-,36-/m1/s1. The summed E-state index contributed by atoms with van der Waals surface area (Å²) < 4.78 is 12.1. The highest BCUT2D eigenvalue weighted by molar-refractivity contribution is 5.92. The van der Waals surface area contributed by atoms with Gasteiger partial charge in [-0.25, -0.2) is 9.59 Å². The lowest BCUT2D eigenvalue weighted by atomic mass is 9.72. The molecule has 0 aliphatic heterocycles. The van der Waals surface area contributed by atoms with Gasteiger partial charge in [-0.05, 0) is 66.0 Å². The summed E-state index contributed by atoms with van der Waals surface area (Å²) in [7, 11) is 7.55. The number of benzene rings is 2. The van der Waals surface area contributed by atoms with Gasteiger partial charge < -0.3 is 9.47 Å². The van der Waals surface area contributed by atoms with E-state index in [9.17, 15) is 9.59 Å². The third kappa shape index (κ3) is 7.55. The maximum atomic E-state index is 13.2. The SMILES string of the molecule is CN(C)[C@@](C)(CC1(c2ccccc2)C=CCC=C1)OC(=O)/C=C\C(=O)O[C@](C)(CC1(c2ccccc2)C=CCC=C1)N(C)C. The molecule has 4 rings (SSSR count). The Bertz CT molecular complexity index is 1300. The van der Waals surface area contributed by atoms with Gasteiger partial charge in [0.2, 0.25) is 0 Å². The van der Waals surface area contributed by atoms with E-state index in [0.29, 0.717) is 12.8 Å². The molecule has 44 heavy (non-hydrogen) atoms. The van der Waals surface area contributed by atoms with Gasteiger partial charge in [0.15, 0.2) is 11.4 Å². The van der Waals surface area contributed by atoms with Crippen LogP contribution in [-0.4, -0.2) is 61.4 Å². The Morgan fingerprint density at radius 2 is 0.955 bits per heavy atom. The molecule has 0 fully saturated rings. The largest absolute Gasteiger partial charge is 0.441 e. The number of carbonyl (C=O) groups excluding carboxylic acids is 2. The smallest absolute Gasteiger partial charge is 0.332 e. The molecule has 0 heterocycles. The summed E-state index contributed by atoms with van der Waals surface area (Å²) in [6, 6.07) is 20.4. The van der Waals surface area contributed by atoms with Crippen molar-refractivity contribution < 1.29 is 19.1 Å². The van der Waals surface area contributed by atoms with E-state index in [1.807, 2.05) is 88.2 Å². The Balaban J connectivity index is 1.50. The van der Waals surface area contributed by atoms with Gasteiger partial charge >= 0.3 is 11.9 Å². The molecule has 232 valence electrons. The molecule has 0 spiro atoms. The van der Waals surface area contributed by atoms with Crippen LogP contribution in [0.25, 0.3) is 0 Å². The van der Waals surface area contributed by atoms with Crippen LogP contribution in [0.5, 0.6) is 0 Å². The second kappa shape index (κ2) is 13.7. The molecule has 2 atom stereocenters. The van der Waals surface area contributed by atoms with Crippen LogP contribution < -0.4 is 0 Å². The van der Waals surface area contributed by atoms with Crippen LogP contribution in [-0.2, 0) is 29.9 Å². The van der Waals surface area contributed by atoms with Crippen LogP contribution >= 0.6 is 0 Å². The van der Waals surface area contributed by atoms with Crippen molar-refractivity contribution in [3.8, 4) is 0 Å². The lowest BCUT2D eigenvalue weighted by Gasteiger charge is -2.43.